The molecule has 0 amide bonds. The number of hydrogen-bond acceptors (Lipinski definition) is 6. The summed E-state index contributed by atoms with van der Waals surface area (Å²) in [7, 11) is -3.79. The molecule has 8 heteroatoms. The van der Waals surface area contributed by atoms with E-state index in [1.807, 2.05) is 30.3 Å². The topological polar surface area (TPSA) is 102 Å². The van der Waals surface area contributed by atoms with E-state index in [0.29, 0.717) is 16.7 Å². The summed E-state index contributed by atoms with van der Waals surface area (Å²) in [4.78, 5) is 15.4. The number of nitrogens with zero attached hydrogens (tertiary/aromatic N) is 1. The lowest BCUT2D eigenvalue weighted by molar-refractivity contribution is 0.494. The van der Waals surface area contributed by atoms with Crippen LogP contribution >= 0.6 is 0 Å². The maximum atomic E-state index is 12.5. The highest BCUT2D eigenvalue weighted by atomic mass is 32.2. The Kier molecular flexibility index (Phi) is 4.35. The average Bonchev–Trinajstić information content (AvgIpc) is 3.16. The van der Waals surface area contributed by atoms with Crippen molar-refractivity contribution in [3.05, 3.63) is 83.2 Å². The molecule has 0 aliphatic heterocycles. The van der Waals surface area contributed by atoms with Gasteiger partial charge in [0.15, 0.2) is 5.76 Å². The first-order chi connectivity index (χ1) is 13.0. The van der Waals surface area contributed by atoms with Gasteiger partial charge in [0.25, 0.3) is 0 Å². The van der Waals surface area contributed by atoms with E-state index in [2.05, 4.69) is 9.71 Å². The third-order valence-electron chi connectivity index (χ3n) is 3.93. The second-order valence-electron chi connectivity index (χ2n) is 5.76. The summed E-state index contributed by atoms with van der Waals surface area (Å²) in [6.07, 6.45) is 1.55. The zero-order valence-corrected chi connectivity index (χ0v) is 14.8. The van der Waals surface area contributed by atoms with Gasteiger partial charge in [-0.2, -0.15) is 0 Å². The highest BCUT2D eigenvalue weighted by Gasteiger charge is 2.16. The van der Waals surface area contributed by atoms with E-state index in [0.717, 1.165) is 5.56 Å². The number of sulfonamides is 1. The minimum Gasteiger partial charge on any atom is -0.439 e. The normalized spacial score (nSPS) is 11.7. The van der Waals surface area contributed by atoms with Crippen molar-refractivity contribution < 1.29 is 17.3 Å². The van der Waals surface area contributed by atoms with E-state index in [1.54, 1.807) is 6.20 Å². The molecule has 0 radical (unpaired) electrons. The summed E-state index contributed by atoms with van der Waals surface area (Å²) in [6.45, 7) is -0.0862. The minimum absolute atomic E-state index is 0.0543. The third kappa shape index (κ3) is 3.67. The van der Waals surface area contributed by atoms with Gasteiger partial charge in [-0.25, -0.2) is 22.9 Å². The van der Waals surface area contributed by atoms with Crippen molar-refractivity contribution in [3.63, 3.8) is 0 Å². The Labute approximate surface area is 154 Å². The molecule has 0 saturated carbocycles. The predicted molar refractivity (Wildman–Crippen MR) is 98.4 cm³/mol. The molecule has 2 heterocycles. The van der Waals surface area contributed by atoms with E-state index in [-0.39, 0.29) is 17.3 Å². The van der Waals surface area contributed by atoms with Gasteiger partial charge in [-0.15, -0.1) is 0 Å². The van der Waals surface area contributed by atoms with Crippen molar-refractivity contribution in [3.8, 4) is 11.3 Å². The van der Waals surface area contributed by atoms with E-state index in [4.69, 9.17) is 8.83 Å². The molecule has 0 fully saturated rings. The smallest absolute Gasteiger partial charge is 0.336 e. The van der Waals surface area contributed by atoms with Gasteiger partial charge in [-0.05, 0) is 24.3 Å². The largest absolute Gasteiger partial charge is 0.439 e. The summed E-state index contributed by atoms with van der Waals surface area (Å²) in [5.74, 6) is 0.815. The highest BCUT2D eigenvalue weighted by Crippen LogP contribution is 2.21. The van der Waals surface area contributed by atoms with Gasteiger partial charge in [0.1, 0.15) is 5.58 Å². The minimum atomic E-state index is -3.79. The first kappa shape index (κ1) is 17.2. The van der Waals surface area contributed by atoms with E-state index in [1.165, 1.54) is 30.3 Å². The van der Waals surface area contributed by atoms with Crippen molar-refractivity contribution in [2.24, 2.45) is 0 Å². The van der Waals surface area contributed by atoms with Crippen LogP contribution in [0.3, 0.4) is 0 Å². The van der Waals surface area contributed by atoms with Gasteiger partial charge in [0.2, 0.25) is 15.9 Å². The Hall–Kier alpha value is -3.23. The highest BCUT2D eigenvalue weighted by molar-refractivity contribution is 7.89. The molecule has 0 saturated heterocycles. The van der Waals surface area contributed by atoms with Crippen LogP contribution < -0.4 is 10.3 Å². The summed E-state index contributed by atoms with van der Waals surface area (Å²) in [5.41, 5.74) is 0.686. The summed E-state index contributed by atoms with van der Waals surface area (Å²) in [6, 6.07) is 16.4. The SMILES string of the molecule is O=c1ccc2cc(S(=O)(=O)NCc3ncc(-c4ccccc4)o3)ccc2o1. The quantitative estimate of drug-likeness (QED) is 0.533. The summed E-state index contributed by atoms with van der Waals surface area (Å²) < 4.78 is 38.1. The fourth-order valence-corrected chi connectivity index (χ4v) is 3.59. The van der Waals surface area contributed by atoms with Crippen LogP contribution in [0.1, 0.15) is 5.89 Å². The maximum absolute atomic E-state index is 12.5. The molecule has 2 aromatic heterocycles. The molecule has 0 aliphatic carbocycles. The molecular formula is C19H14N2O5S. The van der Waals surface area contributed by atoms with Crippen molar-refractivity contribution >= 4 is 21.0 Å². The number of benzene rings is 2. The first-order valence-electron chi connectivity index (χ1n) is 8.05. The number of oxazole rings is 1. The van der Waals surface area contributed by atoms with Crippen LogP contribution in [0.5, 0.6) is 0 Å². The third-order valence-corrected chi connectivity index (χ3v) is 5.33. The second kappa shape index (κ2) is 6.82. The van der Waals surface area contributed by atoms with Crippen LogP contribution in [0.15, 0.2) is 85.4 Å². The van der Waals surface area contributed by atoms with Gasteiger partial charge in [-0.3, -0.25) is 0 Å². The Balaban J connectivity index is 1.53. The number of nitrogens with one attached hydrogen (secondary N) is 1. The van der Waals surface area contributed by atoms with E-state index < -0.39 is 15.6 Å². The van der Waals surface area contributed by atoms with Crippen molar-refractivity contribution in [1.29, 1.82) is 0 Å². The van der Waals surface area contributed by atoms with Gasteiger partial charge >= 0.3 is 5.63 Å². The zero-order valence-electron chi connectivity index (χ0n) is 14.0. The fraction of sp³-hybridized carbons (Fsp3) is 0.0526. The predicted octanol–water partition coefficient (Wildman–Crippen LogP) is 2.93. The van der Waals surface area contributed by atoms with E-state index >= 15 is 0 Å². The molecule has 27 heavy (non-hydrogen) atoms. The monoisotopic (exact) mass is 382 g/mol. The Bertz CT molecular complexity index is 1260. The van der Waals surface area contributed by atoms with Gasteiger partial charge in [0.05, 0.1) is 17.6 Å². The molecule has 0 bridgehead atoms. The van der Waals surface area contributed by atoms with Crippen molar-refractivity contribution in [1.82, 2.24) is 9.71 Å². The molecule has 1 N–H and O–H groups in total. The van der Waals surface area contributed by atoms with Gasteiger partial charge < -0.3 is 8.83 Å². The molecule has 0 aliphatic rings. The standard InChI is InChI=1S/C19H14N2O5S/c22-19-9-6-14-10-15(7-8-16(14)26-19)27(23,24)21-12-18-20-11-17(25-18)13-4-2-1-3-5-13/h1-11,21H,12H2. The first-order valence-corrected chi connectivity index (χ1v) is 9.53. The van der Waals surface area contributed by atoms with Crippen LogP contribution in [0.25, 0.3) is 22.3 Å². The Morgan fingerprint density at radius 1 is 0.963 bits per heavy atom. The van der Waals surface area contributed by atoms with Crippen molar-refractivity contribution in [2.45, 2.75) is 11.4 Å². The van der Waals surface area contributed by atoms with Crippen LogP contribution in [-0.2, 0) is 16.6 Å². The van der Waals surface area contributed by atoms with Gasteiger partial charge in [-0.1, -0.05) is 30.3 Å². The van der Waals surface area contributed by atoms with E-state index in [9.17, 15) is 13.2 Å². The van der Waals surface area contributed by atoms with Gasteiger partial charge in [0, 0.05) is 17.0 Å². The lowest BCUT2D eigenvalue weighted by Gasteiger charge is -2.06. The molecule has 4 aromatic rings. The fourth-order valence-electron chi connectivity index (χ4n) is 2.59. The maximum Gasteiger partial charge on any atom is 0.336 e. The molecule has 0 unspecified atom stereocenters. The molecule has 0 atom stereocenters. The molecule has 2 aromatic carbocycles. The van der Waals surface area contributed by atoms with Crippen LogP contribution in [-0.4, -0.2) is 13.4 Å². The number of fused-ring (bicyclic) bond motifs is 1. The average molecular weight is 382 g/mol. The number of rotatable bonds is 5. The lowest BCUT2D eigenvalue weighted by atomic mass is 10.2. The zero-order chi connectivity index (χ0) is 18.9. The summed E-state index contributed by atoms with van der Waals surface area (Å²) in [5, 5.41) is 0.514. The van der Waals surface area contributed by atoms with Crippen LogP contribution in [0, 0.1) is 0 Å². The van der Waals surface area contributed by atoms with Crippen LogP contribution in [0.2, 0.25) is 0 Å². The van der Waals surface area contributed by atoms with Crippen molar-refractivity contribution in [2.75, 3.05) is 0 Å². The molecular weight excluding hydrogens is 368 g/mol. The molecule has 136 valence electrons. The Morgan fingerprint density at radius 3 is 2.59 bits per heavy atom. The lowest BCUT2D eigenvalue weighted by Crippen LogP contribution is -2.23. The second-order valence-corrected chi connectivity index (χ2v) is 7.53. The number of aromatic nitrogens is 1. The van der Waals surface area contributed by atoms with Crippen LogP contribution in [0.4, 0.5) is 0 Å². The Morgan fingerprint density at radius 2 is 1.78 bits per heavy atom. The number of hydrogen-bond donors (Lipinski definition) is 1. The molecule has 7 nitrogen and oxygen atoms in total. The molecule has 4 rings (SSSR count). The molecule has 0 spiro atoms. The summed E-state index contributed by atoms with van der Waals surface area (Å²) >= 11 is 0.